The molecule has 1 aliphatic carbocycles. The molecule has 0 bridgehead atoms. The lowest BCUT2D eigenvalue weighted by molar-refractivity contribution is 0.0950. The van der Waals surface area contributed by atoms with E-state index in [1.807, 2.05) is 29.5 Å². The lowest BCUT2D eigenvalue weighted by Crippen LogP contribution is -2.26. The van der Waals surface area contributed by atoms with Gasteiger partial charge in [-0.15, -0.1) is 0 Å². The fraction of sp³-hybridized carbons (Fsp3) is 0.364. The second-order valence-corrected chi connectivity index (χ2v) is 4.97. The van der Waals surface area contributed by atoms with Crippen LogP contribution in [-0.2, 0) is 0 Å². The van der Waals surface area contributed by atoms with E-state index in [1.54, 1.807) is 0 Å². The van der Waals surface area contributed by atoms with Crippen molar-refractivity contribution in [3.05, 3.63) is 32.6 Å². The van der Waals surface area contributed by atoms with Crippen LogP contribution in [0.3, 0.4) is 0 Å². The van der Waals surface area contributed by atoms with Crippen molar-refractivity contribution in [2.45, 2.75) is 25.8 Å². The quantitative estimate of drug-likeness (QED) is 0.834. The largest absolute Gasteiger partial charge is 0.349 e. The number of nitrogens with one attached hydrogen (secondary N) is 1. The molecule has 0 atom stereocenters. The molecule has 0 radical (unpaired) electrons. The summed E-state index contributed by atoms with van der Waals surface area (Å²) < 4.78 is 13.9. The molecule has 15 heavy (non-hydrogen) atoms. The van der Waals surface area contributed by atoms with Crippen LogP contribution in [0.1, 0.15) is 28.8 Å². The standard InChI is InChI=1S/C11H11FINO/c1-6-9(4-7(12)5-10(6)13)11(15)14-8-2-3-8/h4-5,8H,2-3H2,1H3,(H,14,15). The van der Waals surface area contributed by atoms with E-state index >= 15 is 0 Å². The summed E-state index contributed by atoms with van der Waals surface area (Å²) in [4.78, 5) is 11.7. The van der Waals surface area contributed by atoms with Crippen LogP contribution >= 0.6 is 22.6 Å². The van der Waals surface area contributed by atoms with E-state index in [2.05, 4.69) is 5.32 Å². The van der Waals surface area contributed by atoms with Gasteiger partial charge in [0.2, 0.25) is 0 Å². The number of rotatable bonds is 2. The summed E-state index contributed by atoms with van der Waals surface area (Å²) >= 11 is 2.04. The van der Waals surface area contributed by atoms with Crippen molar-refractivity contribution >= 4 is 28.5 Å². The Morgan fingerprint density at radius 3 is 2.80 bits per heavy atom. The number of hydrogen-bond acceptors (Lipinski definition) is 1. The number of halogens is 2. The smallest absolute Gasteiger partial charge is 0.251 e. The fourth-order valence-electron chi connectivity index (χ4n) is 1.37. The van der Waals surface area contributed by atoms with Crippen LogP contribution in [0.4, 0.5) is 4.39 Å². The number of carbonyl (C=O) groups excluding carboxylic acids is 1. The number of hydrogen-bond donors (Lipinski definition) is 1. The molecule has 0 aliphatic heterocycles. The Bertz CT molecular complexity index is 415. The van der Waals surface area contributed by atoms with E-state index < -0.39 is 0 Å². The Morgan fingerprint density at radius 2 is 2.20 bits per heavy atom. The molecule has 1 saturated carbocycles. The zero-order valence-corrected chi connectivity index (χ0v) is 10.5. The van der Waals surface area contributed by atoms with Gasteiger partial charge in [0.15, 0.2) is 0 Å². The summed E-state index contributed by atoms with van der Waals surface area (Å²) in [5.74, 6) is -0.515. The number of carbonyl (C=O) groups is 1. The van der Waals surface area contributed by atoms with Gasteiger partial charge >= 0.3 is 0 Å². The lowest BCUT2D eigenvalue weighted by atomic mass is 10.1. The molecule has 2 nitrogen and oxygen atoms in total. The topological polar surface area (TPSA) is 29.1 Å². The van der Waals surface area contributed by atoms with Gasteiger partial charge in [-0.1, -0.05) is 0 Å². The van der Waals surface area contributed by atoms with Crippen molar-refractivity contribution in [1.29, 1.82) is 0 Å². The molecule has 0 aromatic heterocycles. The third-order valence-corrected chi connectivity index (χ3v) is 3.59. The van der Waals surface area contributed by atoms with E-state index in [1.165, 1.54) is 12.1 Å². The Balaban J connectivity index is 2.28. The van der Waals surface area contributed by atoms with Gasteiger partial charge < -0.3 is 5.32 Å². The van der Waals surface area contributed by atoms with Crippen molar-refractivity contribution in [1.82, 2.24) is 5.32 Å². The van der Waals surface area contributed by atoms with Crippen molar-refractivity contribution < 1.29 is 9.18 Å². The van der Waals surface area contributed by atoms with Crippen molar-refractivity contribution in [3.63, 3.8) is 0 Å². The molecule has 1 aromatic rings. The minimum absolute atomic E-state index is 0.160. The average molecular weight is 319 g/mol. The Labute approximate surface area is 101 Å². The summed E-state index contributed by atoms with van der Waals surface area (Å²) in [6.45, 7) is 1.84. The van der Waals surface area contributed by atoms with Crippen molar-refractivity contribution in [2.24, 2.45) is 0 Å². The molecule has 1 aromatic carbocycles. The maximum Gasteiger partial charge on any atom is 0.251 e. The van der Waals surface area contributed by atoms with Crippen LogP contribution in [0.15, 0.2) is 12.1 Å². The Morgan fingerprint density at radius 1 is 1.53 bits per heavy atom. The Hall–Kier alpha value is -0.650. The van der Waals surface area contributed by atoms with Crippen LogP contribution in [0.5, 0.6) is 0 Å². The molecule has 0 unspecified atom stereocenters. The summed E-state index contributed by atoms with van der Waals surface area (Å²) in [5.41, 5.74) is 1.29. The summed E-state index contributed by atoms with van der Waals surface area (Å²) in [6, 6.07) is 3.04. The SMILES string of the molecule is Cc1c(I)cc(F)cc1C(=O)NC1CC1. The van der Waals surface area contributed by atoms with Gasteiger partial charge in [0, 0.05) is 15.2 Å². The highest BCUT2D eigenvalue weighted by Gasteiger charge is 2.24. The van der Waals surface area contributed by atoms with Gasteiger partial charge in [-0.3, -0.25) is 4.79 Å². The zero-order valence-electron chi connectivity index (χ0n) is 8.31. The molecule has 0 heterocycles. The summed E-state index contributed by atoms with van der Waals surface area (Å²) in [5, 5.41) is 2.86. The molecule has 4 heteroatoms. The third-order valence-electron chi connectivity index (χ3n) is 2.47. The van der Waals surface area contributed by atoms with Gasteiger partial charge in [-0.25, -0.2) is 4.39 Å². The monoisotopic (exact) mass is 319 g/mol. The highest BCUT2D eigenvalue weighted by molar-refractivity contribution is 14.1. The minimum Gasteiger partial charge on any atom is -0.349 e. The van der Waals surface area contributed by atoms with E-state index in [9.17, 15) is 9.18 Å². The van der Waals surface area contributed by atoms with Crippen LogP contribution in [0.25, 0.3) is 0 Å². The second kappa shape index (κ2) is 4.08. The molecule has 1 aliphatic rings. The Kier molecular flexibility index (Phi) is 2.95. The average Bonchev–Trinajstić information content (AvgIpc) is 2.94. The maximum absolute atomic E-state index is 13.1. The molecule has 0 spiro atoms. The number of amides is 1. The van der Waals surface area contributed by atoms with Crippen LogP contribution < -0.4 is 5.32 Å². The fourth-order valence-corrected chi connectivity index (χ4v) is 1.96. The second-order valence-electron chi connectivity index (χ2n) is 3.81. The molecule has 1 fully saturated rings. The molecular weight excluding hydrogens is 308 g/mol. The van der Waals surface area contributed by atoms with E-state index in [0.29, 0.717) is 11.6 Å². The third kappa shape index (κ3) is 2.48. The zero-order chi connectivity index (χ0) is 11.0. The van der Waals surface area contributed by atoms with Gasteiger partial charge in [-0.2, -0.15) is 0 Å². The van der Waals surface area contributed by atoms with Gasteiger partial charge in [0.25, 0.3) is 5.91 Å². The predicted molar refractivity (Wildman–Crippen MR) is 64.3 cm³/mol. The van der Waals surface area contributed by atoms with E-state index in [-0.39, 0.29) is 11.7 Å². The van der Waals surface area contributed by atoms with Gasteiger partial charge in [-0.05, 0) is 60.1 Å². The predicted octanol–water partition coefficient (Wildman–Crippen LogP) is 2.63. The summed E-state index contributed by atoms with van der Waals surface area (Å²) in [6.07, 6.45) is 2.08. The lowest BCUT2D eigenvalue weighted by Gasteiger charge is -2.08. The first kappa shape index (κ1) is 10.9. The van der Waals surface area contributed by atoms with Crippen LogP contribution in [0.2, 0.25) is 0 Å². The molecule has 1 amide bonds. The van der Waals surface area contributed by atoms with E-state index in [4.69, 9.17) is 0 Å². The van der Waals surface area contributed by atoms with Crippen LogP contribution in [0, 0.1) is 16.3 Å². The maximum atomic E-state index is 13.1. The van der Waals surface area contributed by atoms with Crippen molar-refractivity contribution in [2.75, 3.05) is 0 Å². The molecule has 0 saturated heterocycles. The highest BCUT2D eigenvalue weighted by atomic mass is 127. The first-order valence-electron chi connectivity index (χ1n) is 4.84. The normalized spacial score (nSPS) is 15.1. The first-order chi connectivity index (χ1) is 7.08. The number of benzene rings is 1. The van der Waals surface area contributed by atoms with Gasteiger partial charge in [0.1, 0.15) is 5.82 Å². The minimum atomic E-state index is -0.356. The molecular formula is C11H11FINO. The van der Waals surface area contributed by atoms with Crippen molar-refractivity contribution in [3.8, 4) is 0 Å². The molecule has 1 N–H and O–H groups in total. The first-order valence-corrected chi connectivity index (χ1v) is 5.92. The van der Waals surface area contributed by atoms with Gasteiger partial charge in [0.05, 0.1) is 0 Å². The van der Waals surface area contributed by atoms with Crippen LogP contribution in [-0.4, -0.2) is 11.9 Å². The summed E-state index contributed by atoms with van der Waals surface area (Å²) in [7, 11) is 0. The highest BCUT2D eigenvalue weighted by Crippen LogP contribution is 2.22. The van der Waals surface area contributed by atoms with E-state index in [0.717, 1.165) is 22.0 Å². The molecule has 2 rings (SSSR count). The molecule has 80 valence electrons.